The summed E-state index contributed by atoms with van der Waals surface area (Å²) in [7, 11) is 1.86. The Labute approximate surface area is 132 Å². The summed E-state index contributed by atoms with van der Waals surface area (Å²) in [6.07, 6.45) is 1.51. The van der Waals surface area contributed by atoms with Crippen molar-refractivity contribution in [3.8, 4) is 0 Å². The quantitative estimate of drug-likeness (QED) is 0.921. The van der Waals surface area contributed by atoms with Crippen molar-refractivity contribution in [3.63, 3.8) is 0 Å². The summed E-state index contributed by atoms with van der Waals surface area (Å²) >= 11 is 3.48. The van der Waals surface area contributed by atoms with Crippen LogP contribution in [-0.4, -0.2) is 30.4 Å². The summed E-state index contributed by atoms with van der Waals surface area (Å²) in [5, 5.41) is 4.66. The van der Waals surface area contributed by atoms with Crippen molar-refractivity contribution in [1.82, 2.24) is 10.2 Å². The second-order valence-corrected chi connectivity index (χ2v) is 6.64. The van der Waals surface area contributed by atoms with Crippen LogP contribution in [0, 0.1) is 0 Å². The average molecular weight is 351 g/mol. The van der Waals surface area contributed by atoms with E-state index in [0.717, 1.165) is 34.2 Å². The van der Waals surface area contributed by atoms with Gasteiger partial charge in [-0.3, -0.25) is 4.79 Å². The van der Waals surface area contributed by atoms with Crippen LogP contribution in [0.3, 0.4) is 0 Å². The zero-order chi connectivity index (χ0) is 15.0. The number of benzene rings is 1. The largest absolute Gasteiger partial charge is 0.459 e. The maximum absolute atomic E-state index is 11.5. The number of hydrogen-bond donors (Lipinski definition) is 1. The van der Waals surface area contributed by atoms with E-state index in [4.69, 9.17) is 4.42 Å². The fourth-order valence-corrected chi connectivity index (χ4v) is 3.21. The molecular weight excluding hydrogens is 332 g/mol. The molecule has 3 rings (SSSR count). The van der Waals surface area contributed by atoms with Crippen LogP contribution in [0.25, 0.3) is 11.0 Å². The van der Waals surface area contributed by atoms with E-state index in [1.54, 1.807) is 4.90 Å². The first-order chi connectivity index (χ1) is 10.0. The second kappa shape index (κ2) is 5.81. The molecule has 0 radical (unpaired) electrons. The highest BCUT2D eigenvalue weighted by molar-refractivity contribution is 9.10. The van der Waals surface area contributed by atoms with Crippen LogP contribution < -0.4 is 5.32 Å². The zero-order valence-corrected chi connectivity index (χ0v) is 13.8. The van der Waals surface area contributed by atoms with Crippen LogP contribution in [-0.2, 0) is 4.79 Å². The number of nitrogens with one attached hydrogen (secondary N) is 1. The Balaban J connectivity index is 1.71. The first-order valence-corrected chi connectivity index (χ1v) is 8.01. The highest BCUT2D eigenvalue weighted by Gasteiger charge is 2.24. The number of amides is 1. The number of piperidine rings is 1. The van der Waals surface area contributed by atoms with Crippen molar-refractivity contribution < 1.29 is 9.21 Å². The molecule has 21 heavy (non-hydrogen) atoms. The Hall–Kier alpha value is -1.33. The number of likely N-dealkylation sites (tertiary alicyclic amines) is 1. The molecule has 1 aliphatic heterocycles. The summed E-state index contributed by atoms with van der Waals surface area (Å²) in [5.74, 6) is 1.16. The summed E-state index contributed by atoms with van der Waals surface area (Å²) in [6, 6.07) is 8.54. The number of halogens is 1. The van der Waals surface area contributed by atoms with Gasteiger partial charge in [0.2, 0.25) is 5.91 Å². The lowest BCUT2D eigenvalue weighted by Gasteiger charge is -2.31. The molecule has 1 N–H and O–H groups in total. The molecule has 2 unspecified atom stereocenters. The van der Waals surface area contributed by atoms with Gasteiger partial charge in [-0.1, -0.05) is 15.9 Å². The second-order valence-electron chi connectivity index (χ2n) is 5.73. The van der Waals surface area contributed by atoms with E-state index in [9.17, 15) is 4.79 Å². The number of hydrogen-bond acceptors (Lipinski definition) is 3. The van der Waals surface area contributed by atoms with Crippen molar-refractivity contribution in [1.29, 1.82) is 0 Å². The molecule has 1 amide bonds. The molecule has 0 spiro atoms. The third-order valence-corrected chi connectivity index (χ3v) is 4.53. The fraction of sp³-hybridized carbons (Fsp3) is 0.438. The van der Waals surface area contributed by atoms with Crippen molar-refractivity contribution in [3.05, 3.63) is 34.5 Å². The minimum absolute atomic E-state index is 0.128. The number of fused-ring (bicyclic) bond motifs is 1. The Morgan fingerprint density at radius 3 is 3.00 bits per heavy atom. The van der Waals surface area contributed by atoms with Crippen LogP contribution in [0.1, 0.15) is 31.6 Å². The molecule has 1 saturated heterocycles. The highest BCUT2D eigenvalue weighted by atomic mass is 79.9. The van der Waals surface area contributed by atoms with Crippen molar-refractivity contribution in [2.24, 2.45) is 0 Å². The highest BCUT2D eigenvalue weighted by Crippen LogP contribution is 2.27. The first-order valence-electron chi connectivity index (χ1n) is 7.22. The van der Waals surface area contributed by atoms with E-state index >= 15 is 0 Å². The summed E-state index contributed by atoms with van der Waals surface area (Å²) in [6.45, 7) is 2.86. The molecule has 1 aromatic carbocycles. The number of nitrogens with zero attached hydrogens (tertiary/aromatic N) is 1. The molecule has 4 nitrogen and oxygen atoms in total. The normalized spacial score (nSPS) is 21.0. The molecule has 1 fully saturated rings. The van der Waals surface area contributed by atoms with E-state index in [1.165, 1.54) is 0 Å². The number of carbonyl (C=O) groups is 1. The topological polar surface area (TPSA) is 45.5 Å². The van der Waals surface area contributed by atoms with Gasteiger partial charge in [-0.2, -0.15) is 0 Å². The fourth-order valence-electron chi connectivity index (χ4n) is 2.83. The molecular formula is C16H19BrN2O2. The maximum atomic E-state index is 11.5. The van der Waals surface area contributed by atoms with E-state index in [2.05, 4.69) is 40.3 Å². The Morgan fingerprint density at radius 1 is 1.43 bits per heavy atom. The summed E-state index contributed by atoms with van der Waals surface area (Å²) < 4.78 is 6.96. The third-order valence-electron chi connectivity index (χ3n) is 4.04. The predicted octanol–water partition coefficient (Wildman–Crippen LogP) is 3.47. The molecule has 1 aromatic heterocycles. The number of carbonyl (C=O) groups excluding carboxylic acids is 1. The van der Waals surface area contributed by atoms with Gasteiger partial charge in [-0.05, 0) is 37.6 Å². The van der Waals surface area contributed by atoms with Crippen molar-refractivity contribution >= 4 is 32.8 Å². The molecule has 2 heterocycles. The van der Waals surface area contributed by atoms with Crippen LogP contribution in [0.15, 0.2) is 33.2 Å². The average Bonchev–Trinajstić information content (AvgIpc) is 2.86. The monoisotopic (exact) mass is 350 g/mol. The molecule has 5 heteroatoms. The Morgan fingerprint density at radius 2 is 2.24 bits per heavy atom. The van der Waals surface area contributed by atoms with Gasteiger partial charge in [-0.25, -0.2) is 0 Å². The lowest BCUT2D eigenvalue weighted by molar-refractivity contribution is -0.132. The standard InChI is InChI=1S/C16H19BrN2O2/c1-10(18-13-4-6-16(20)19(2)9-13)15-8-11-7-12(17)3-5-14(11)21-15/h3,5,7-8,10,13,18H,4,6,9H2,1-2H3. The molecule has 0 bridgehead atoms. The molecule has 2 aromatic rings. The zero-order valence-electron chi connectivity index (χ0n) is 12.2. The van der Waals surface area contributed by atoms with Gasteiger partial charge in [0, 0.05) is 35.9 Å². The predicted molar refractivity (Wildman–Crippen MR) is 86.1 cm³/mol. The molecule has 112 valence electrons. The number of furan rings is 1. The number of rotatable bonds is 3. The third kappa shape index (κ3) is 3.14. The first kappa shape index (κ1) is 14.6. The smallest absolute Gasteiger partial charge is 0.222 e. The van der Waals surface area contributed by atoms with E-state index in [0.29, 0.717) is 12.5 Å². The van der Waals surface area contributed by atoms with Gasteiger partial charge < -0.3 is 14.6 Å². The van der Waals surface area contributed by atoms with Gasteiger partial charge >= 0.3 is 0 Å². The SMILES string of the molecule is CC(NC1CCC(=O)N(C)C1)c1cc2cc(Br)ccc2o1. The van der Waals surface area contributed by atoms with Crippen LogP contribution in [0.2, 0.25) is 0 Å². The minimum Gasteiger partial charge on any atom is -0.459 e. The van der Waals surface area contributed by atoms with Crippen LogP contribution in [0.4, 0.5) is 0 Å². The van der Waals surface area contributed by atoms with E-state index in [-0.39, 0.29) is 11.9 Å². The maximum Gasteiger partial charge on any atom is 0.222 e. The summed E-state index contributed by atoms with van der Waals surface area (Å²) in [5.41, 5.74) is 0.901. The van der Waals surface area contributed by atoms with Gasteiger partial charge in [0.05, 0.1) is 6.04 Å². The molecule has 1 aliphatic rings. The van der Waals surface area contributed by atoms with E-state index < -0.39 is 0 Å². The van der Waals surface area contributed by atoms with Crippen LogP contribution in [0.5, 0.6) is 0 Å². The Bertz CT molecular complexity index is 667. The van der Waals surface area contributed by atoms with Gasteiger partial charge in [0.25, 0.3) is 0 Å². The van der Waals surface area contributed by atoms with Crippen LogP contribution >= 0.6 is 15.9 Å². The van der Waals surface area contributed by atoms with E-state index in [1.807, 2.05) is 19.2 Å². The molecule has 0 aliphatic carbocycles. The summed E-state index contributed by atoms with van der Waals surface area (Å²) in [4.78, 5) is 13.3. The lowest BCUT2D eigenvalue weighted by Crippen LogP contribution is -2.47. The lowest BCUT2D eigenvalue weighted by atomic mass is 10.0. The molecule has 0 saturated carbocycles. The minimum atomic E-state index is 0.128. The van der Waals surface area contributed by atoms with Gasteiger partial charge in [0.15, 0.2) is 0 Å². The van der Waals surface area contributed by atoms with Gasteiger partial charge in [0.1, 0.15) is 11.3 Å². The Kier molecular flexibility index (Phi) is 4.04. The van der Waals surface area contributed by atoms with Gasteiger partial charge in [-0.15, -0.1) is 0 Å². The number of likely N-dealkylation sites (N-methyl/N-ethyl adjacent to an activating group) is 1. The molecule has 2 atom stereocenters. The van der Waals surface area contributed by atoms with Crippen molar-refractivity contribution in [2.75, 3.05) is 13.6 Å². The van der Waals surface area contributed by atoms with Crippen molar-refractivity contribution in [2.45, 2.75) is 31.8 Å².